The minimum atomic E-state index is -3.72. The molecule has 33 heavy (non-hydrogen) atoms. The maximum absolute atomic E-state index is 14.6. The average molecular weight is 476 g/mol. The lowest BCUT2D eigenvalue weighted by molar-refractivity contribution is -0.286. The minimum Gasteiger partial charge on any atom is -0.483 e. The van der Waals surface area contributed by atoms with E-state index in [0.717, 1.165) is 18.5 Å². The van der Waals surface area contributed by atoms with Gasteiger partial charge in [-0.2, -0.15) is 10.4 Å². The molecule has 1 unspecified atom stereocenters. The maximum atomic E-state index is 14.6. The molecule has 6 nitrogen and oxygen atoms in total. The summed E-state index contributed by atoms with van der Waals surface area (Å²) in [5.74, 6) is -0.859. The number of aromatic nitrogens is 2. The fraction of sp³-hybridized carbons (Fsp3) is 0.304. The molecular formula is C23H17ClF3N3O3. The summed E-state index contributed by atoms with van der Waals surface area (Å²) in [5.41, 5.74) is 2.80. The maximum Gasteiger partial charge on any atom is 0.586 e. The van der Waals surface area contributed by atoms with Crippen LogP contribution < -0.4 is 14.2 Å². The number of fused-ring (bicyclic) bond motifs is 2. The fourth-order valence-corrected chi connectivity index (χ4v) is 4.50. The van der Waals surface area contributed by atoms with E-state index in [9.17, 15) is 18.4 Å². The molecule has 0 fully saturated rings. The van der Waals surface area contributed by atoms with Crippen molar-refractivity contribution >= 4 is 11.6 Å². The van der Waals surface area contributed by atoms with Gasteiger partial charge in [-0.05, 0) is 56.0 Å². The van der Waals surface area contributed by atoms with E-state index in [1.165, 1.54) is 24.3 Å². The molecule has 5 rings (SSSR count). The van der Waals surface area contributed by atoms with Crippen molar-refractivity contribution in [3.63, 3.8) is 0 Å². The second-order valence-electron chi connectivity index (χ2n) is 7.84. The third-order valence-corrected chi connectivity index (χ3v) is 6.11. The summed E-state index contributed by atoms with van der Waals surface area (Å²) < 4.78 is 57.4. The first-order valence-electron chi connectivity index (χ1n) is 10.3. The molecule has 0 bridgehead atoms. The van der Waals surface area contributed by atoms with E-state index >= 15 is 0 Å². The van der Waals surface area contributed by atoms with Crippen molar-refractivity contribution in [1.29, 1.82) is 5.26 Å². The number of hydrogen-bond acceptors (Lipinski definition) is 5. The van der Waals surface area contributed by atoms with Crippen molar-refractivity contribution in [3.8, 4) is 29.0 Å². The SMILES string of the molecule is C[C@H](Oc1cc(-n2nc(C#N)c3c2CCCC3Cl)ccc1F)c1ccc2c(c1)OC(F)(F)O2. The number of hydrogen-bond donors (Lipinski definition) is 0. The third kappa shape index (κ3) is 3.85. The van der Waals surface area contributed by atoms with Gasteiger partial charge in [0.25, 0.3) is 0 Å². The molecule has 2 aromatic carbocycles. The van der Waals surface area contributed by atoms with E-state index in [1.807, 2.05) is 0 Å². The first-order valence-corrected chi connectivity index (χ1v) is 10.7. The first-order chi connectivity index (χ1) is 15.8. The predicted molar refractivity (Wildman–Crippen MR) is 111 cm³/mol. The summed E-state index contributed by atoms with van der Waals surface area (Å²) in [4.78, 5) is 0. The molecule has 2 heterocycles. The third-order valence-electron chi connectivity index (χ3n) is 5.67. The molecule has 0 N–H and O–H groups in total. The van der Waals surface area contributed by atoms with Crippen LogP contribution in [0, 0.1) is 17.1 Å². The van der Waals surface area contributed by atoms with Crippen LogP contribution in [0.4, 0.5) is 13.2 Å². The summed E-state index contributed by atoms with van der Waals surface area (Å²) in [7, 11) is 0. The van der Waals surface area contributed by atoms with Crippen molar-refractivity contribution in [1.82, 2.24) is 9.78 Å². The van der Waals surface area contributed by atoms with Gasteiger partial charge in [-0.25, -0.2) is 9.07 Å². The molecule has 0 radical (unpaired) electrons. The van der Waals surface area contributed by atoms with E-state index < -0.39 is 18.2 Å². The van der Waals surface area contributed by atoms with Crippen molar-refractivity contribution in [2.75, 3.05) is 0 Å². The van der Waals surface area contributed by atoms with Crippen LogP contribution in [-0.2, 0) is 6.42 Å². The van der Waals surface area contributed by atoms with E-state index in [4.69, 9.17) is 16.3 Å². The van der Waals surface area contributed by atoms with Gasteiger partial charge in [-0.1, -0.05) is 6.07 Å². The standard InChI is InChI=1S/C23H17ClF3N3O3/c1-12(13-5-8-19-21(9-13)33-23(26,27)32-19)31-20-10-14(6-7-16(20)25)30-18-4-2-3-15(24)22(18)17(11-28)29-30/h5-10,12,15H,2-4H2,1H3/t12-,15?/m0/s1. The van der Waals surface area contributed by atoms with Crippen LogP contribution in [0.5, 0.6) is 17.2 Å². The molecule has 10 heteroatoms. The van der Waals surface area contributed by atoms with E-state index in [1.54, 1.807) is 23.7 Å². The molecule has 0 saturated carbocycles. The zero-order valence-corrected chi connectivity index (χ0v) is 18.1. The fourth-order valence-electron chi connectivity index (χ4n) is 4.11. The number of rotatable bonds is 4. The Hall–Kier alpha value is -3.38. The van der Waals surface area contributed by atoms with Crippen molar-refractivity contribution in [3.05, 3.63) is 64.7 Å². The highest BCUT2D eigenvalue weighted by Gasteiger charge is 2.43. The van der Waals surface area contributed by atoms with Gasteiger partial charge in [0.1, 0.15) is 12.2 Å². The van der Waals surface area contributed by atoms with Crippen LogP contribution in [0.1, 0.15) is 53.8 Å². The zero-order chi connectivity index (χ0) is 23.3. The smallest absolute Gasteiger partial charge is 0.483 e. The molecular weight excluding hydrogens is 459 g/mol. The quantitative estimate of drug-likeness (QED) is 0.435. The van der Waals surface area contributed by atoms with Gasteiger partial charge in [0.05, 0.1) is 16.8 Å². The van der Waals surface area contributed by atoms with Crippen LogP contribution in [0.25, 0.3) is 5.69 Å². The lowest BCUT2D eigenvalue weighted by atomic mass is 9.95. The Labute approximate surface area is 192 Å². The molecule has 0 amide bonds. The average Bonchev–Trinajstić information content (AvgIpc) is 3.31. The van der Waals surface area contributed by atoms with Crippen molar-refractivity contribution in [2.24, 2.45) is 0 Å². The number of ether oxygens (including phenoxy) is 3. The van der Waals surface area contributed by atoms with Gasteiger partial charge in [0, 0.05) is 11.6 Å². The molecule has 0 saturated heterocycles. The van der Waals surface area contributed by atoms with Gasteiger partial charge in [-0.3, -0.25) is 0 Å². The second-order valence-corrected chi connectivity index (χ2v) is 8.37. The lowest BCUT2D eigenvalue weighted by Gasteiger charge is -2.19. The highest BCUT2D eigenvalue weighted by molar-refractivity contribution is 6.21. The molecule has 2 aliphatic rings. The Morgan fingerprint density at radius 3 is 2.82 bits per heavy atom. The summed E-state index contributed by atoms with van der Waals surface area (Å²) >= 11 is 6.43. The summed E-state index contributed by atoms with van der Waals surface area (Å²) in [6.07, 6.45) is -2.11. The number of benzene rings is 2. The first kappa shape index (κ1) is 21.5. The van der Waals surface area contributed by atoms with Gasteiger partial charge in [0.2, 0.25) is 0 Å². The Balaban J connectivity index is 1.45. The highest BCUT2D eigenvalue weighted by Crippen LogP contribution is 2.43. The normalized spacial score (nSPS) is 19.0. The molecule has 3 aromatic rings. The molecule has 0 spiro atoms. The summed E-state index contributed by atoms with van der Waals surface area (Å²) in [6.45, 7) is 1.66. The Kier molecular flexibility index (Phi) is 5.13. The Morgan fingerprint density at radius 2 is 2.03 bits per heavy atom. The van der Waals surface area contributed by atoms with Crippen LogP contribution >= 0.6 is 11.6 Å². The number of alkyl halides is 3. The molecule has 1 aromatic heterocycles. The zero-order valence-electron chi connectivity index (χ0n) is 17.3. The molecule has 170 valence electrons. The molecule has 2 atom stereocenters. The van der Waals surface area contributed by atoms with Crippen molar-refractivity contribution < 1.29 is 27.4 Å². The van der Waals surface area contributed by atoms with Gasteiger partial charge >= 0.3 is 6.29 Å². The van der Waals surface area contributed by atoms with Crippen LogP contribution in [0.3, 0.4) is 0 Å². The largest absolute Gasteiger partial charge is 0.586 e. The monoisotopic (exact) mass is 475 g/mol. The number of nitrogens with zero attached hydrogens (tertiary/aromatic N) is 3. The lowest BCUT2D eigenvalue weighted by Crippen LogP contribution is -2.25. The van der Waals surface area contributed by atoms with Gasteiger partial charge in [0.15, 0.2) is 28.8 Å². The van der Waals surface area contributed by atoms with Crippen LogP contribution in [0.15, 0.2) is 36.4 Å². The highest BCUT2D eigenvalue weighted by atomic mass is 35.5. The van der Waals surface area contributed by atoms with Crippen molar-refractivity contribution in [2.45, 2.75) is 44.0 Å². The number of halogens is 4. The summed E-state index contributed by atoms with van der Waals surface area (Å²) in [6, 6.07) is 10.6. The topological polar surface area (TPSA) is 69.3 Å². The minimum absolute atomic E-state index is 0.0519. The Morgan fingerprint density at radius 1 is 1.24 bits per heavy atom. The predicted octanol–water partition coefficient (Wildman–Crippen LogP) is 5.96. The van der Waals surface area contributed by atoms with Gasteiger partial charge in [-0.15, -0.1) is 20.4 Å². The van der Waals surface area contributed by atoms with E-state index in [0.29, 0.717) is 23.2 Å². The van der Waals surface area contributed by atoms with Gasteiger partial charge < -0.3 is 14.2 Å². The molecule has 1 aliphatic carbocycles. The number of nitriles is 1. The van der Waals surface area contributed by atoms with E-state index in [2.05, 4.69) is 20.6 Å². The van der Waals surface area contributed by atoms with Crippen LogP contribution in [-0.4, -0.2) is 16.1 Å². The summed E-state index contributed by atoms with van der Waals surface area (Å²) in [5, 5.41) is 13.6. The Bertz CT molecular complexity index is 1290. The second kappa shape index (κ2) is 7.89. The molecule has 1 aliphatic heterocycles. The van der Waals surface area contributed by atoms with Crippen LogP contribution in [0.2, 0.25) is 0 Å². The van der Waals surface area contributed by atoms with E-state index in [-0.39, 0.29) is 28.3 Å².